The zero-order chi connectivity index (χ0) is 70.5. The fourth-order valence-electron chi connectivity index (χ4n) is 15.5. The van der Waals surface area contributed by atoms with E-state index < -0.39 is 0 Å². The summed E-state index contributed by atoms with van der Waals surface area (Å²) in [5.41, 5.74) is 8.73. The molecule has 0 aliphatic heterocycles. The molecule has 521 valence electrons. The van der Waals surface area contributed by atoms with Crippen LogP contribution in [-0.4, -0.2) is 24.6 Å². The van der Waals surface area contributed by atoms with Crippen LogP contribution in [0, 0.1) is 27.7 Å². The fourth-order valence-corrected chi connectivity index (χ4v) is 31.7. The first-order chi connectivity index (χ1) is 49.5. The summed E-state index contributed by atoms with van der Waals surface area (Å²) in [6.45, 7) is 23.5. The minimum Gasteiger partial charge on any atom is -0.294 e. The second-order valence-electron chi connectivity index (χ2n) is 28.1. The Hall–Kier alpha value is -4.83. The van der Waals surface area contributed by atoms with Gasteiger partial charge in [-0.05, 0) is 223 Å². The van der Waals surface area contributed by atoms with E-state index in [1.807, 2.05) is 113 Å². The van der Waals surface area contributed by atoms with Gasteiger partial charge in [0.1, 0.15) is 0 Å². The summed E-state index contributed by atoms with van der Waals surface area (Å²) in [4.78, 5) is 57.6. The smallest absolute Gasteiger partial charge is 0.221 e. The van der Waals surface area contributed by atoms with Gasteiger partial charge < -0.3 is 0 Å². The summed E-state index contributed by atoms with van der Waals surface area (Å²) in [6, 6.07) is 26.2. The highest BCUT2D eigenvalue weighted by atomic mass is 32.1. The first-order valence-corrected chi connectivity index (χ1v) is 47.2. The maximum absolute atomic E-state index is 13.3. The lowest BCUT2D eigenvalue weighted by atomic mass is 9.75. The average Bonchev–Trinajstić information content (AvgIpc) is 1.58. The van der Waals surface area contributed by atoms with E-state index in [1.54, 1.807) is 54.8 Å². The Morgan fingerprint density at radius 1 is 0.333 bits per heavy atom. The van der Waals surface area contributed by atoms with Crippen LogP contribution in [0.1, 0.15) is 220 Å². The molecule has 0 atom stereocenters. The van der Waals surface area contributed by atoms with Gasteiger partial charge >= 0.3 is 0 Å². The van der Waals surface area contributed by atoms with E-state index >= 15 is 0 Å². The van der Waals surface area contributed by atoms with Crippen molar-refractivity contribution >= 4 is 272 Å². The Labute approximate surface area is 651 Å². The molecule has 102 heavy (non-hydrogen) atoms. The third kappa shape index (κ3) is 13.1. The highest BCUT2D eigenvalue weighted by Crippen LogP contribution is 2.55. The Kier molecular flexibility index (Phi) is 20.8. The number of carbonyl (C=O) groups excluding carboxylic acids is 3. The van der Waals surface area contributed by atoms with Crippen LogP contribution in [0.2, 0.25) is 0 Å². The standard InChI is InChI=1S/C85H82BO3S13/c1-12-16-18-20-22-24-28-52-57-36-67(97-78(57)53(29-25-23-21-19-17-13-2)59-38-70(99-79(52)59)80-60-39-64(45(8)87)94-75(60)48(11)91-80)63-30-31-72(93-63)86-85-84-62(41-66(96-84)47(10)89)83(102-85)69-35-55-44(7)73-54(43(6)74(55)98-69)33-49(92-73)34-68-81-61(40-65(95-81)46(9)88)82(101-68)71-37-58-51(27-15-4)76-56(32-42(5)90-76)50(26-14-3)77(58)100-71/h30-33,35-41H,12-29,34H2,1-11H3. The maximum Gasteiger partial charge on any atom is 0.221 e. The van der Waals surface area contributed by atoms with E-state index in [4.69, 9.17) is 0 Å². The lowest BCUT2D eigenvalue weighted by Crippen LogP contribution is -2.21. The van der Waals surface area contributed by atoms with Crippen molar-refractivity contribution in [3.63, 3.8) is 0 Å². The maximum atomic E-state index is 13.3. The quantitative estimate of drug-likeness (QED) is 0.0267. The van der Waals surface area contributed by atoms with Gasteiger partial charge in [0.05, 0.1) is 29.3 Å². The van der Waals surface area contributed by atoms with E-state index in [0.717, 1.165) is 59.6 Å². The van der Waals surface area contributed by atoms with Crippen molar-refractivity contribution in [3.05, 3.63) is 134 Å². The molecule has 0 aliphatic rings. The molecule has 0 saturated heterocycles. The van der Waals surface area contributed by atoms with Crippen molar-refractivity contribution < 1.29 is 14.4 Å². The lowest BCUT2D eigenvalue weighted by Gasteiger charge is -2.12. The van der Waals surface area contributed by atoms with Crippen molar-refractivity contribution in [1.29, 1.82) is 0 Å². The van der Waals surface area contributed by atoms with Crippen LogP contribution in [-0.2, 0) is 32.1 Å². The van der Waals surface area contributed by atoms with Gasteiger partial charge in [0.15, 0.2) is 17.3 Å². The number of aryl methyl sites for hydroxylation is 8. The number of hydrogen-bond acceptors (Lipinski definition) is 16. The number of fused-ring (bicyclic) bond motifs is 9. The van der Waals surface area contributed by atoms with Gasteiger partial charge in [-0.2, -0.15) is 0 Å². The molecule has 16 aromatic rings. The molecule has 17 heteroatoms. The van der Waals surface area contributed by atoms with Crippen LogP contribution < -0.4 is 9.55 Å². The third-order valence-electron chi connectivity index (χ3n) is 20.6. The van der Waals surface area contributed by atoms with Crippen molar-refractivity contribution in [3.8, 4) is 39.0 Å². The van der Waals surface area contributed by atoms with Crippen LogP contribution in [0.15, 0.2) is 66.7 Å². The SMILES string of the molecule is CCCCCCCCc1c2cc(-c3sc(C)c4sc(C(C)=O)cc34)sc2c(CCCCCCCC)c2cc(-c3ccc([B]c4sc(-c5cc6c(C)c7sc(Cc8sc(-c9cc%10c(CCC)c%11sc(C)cc%11c(CCC)c%10s9)c9cc(C(C)=O)sc89)cc7c(C)c6s5)c5cc(C(C)=O)sc45)s3)sc12. The number of hydrogen-bond donors (Lipinski definition) is 0. The zero-order valence-electron chi connectivity index (χ0n) is 59.9. The van der Waals surface area contributed by atoms with Gasteiger partial charge in [0.2, 0.25) is 7.28 Å². The Morgan fingerprint density at radius 2 is 0.775 bits per heavy atom. The third-order valence-corrected chi connectivity index (χ3v) is 37.4. The zero-order valence-corrected chi connectivity index (χ0v) is 70.5. The number of unbranched alkanes of at least 4 members (excludes halogenated alkanes) is 10. The molecular formula is C85H82BO3S13. The molecule has 0 unspecified atom stereocenters. The van der Waals surface area contributed by atoms with Crippen molar-refractivity contribution in [1.82, 2.24) is 0 Å². The normalized spacial score (nSPS) is 12.3. The van der Waals surface area contributed by atoms with Crippen LogP contribution in [0.5, 0.6) is 0 Å². The van der Waals surface area contributed by atoms with Gasteiger partial charge in [-0.1, -0.05) is 111 Å². The molecule has 3 nitrogen and oxygen atoms in total. The second-order valence-corrected chi connectivity index (χ2v) is 42.3. The molecule has 13 heterocycles. The summed E-state index contributed by atoms with van der Waals surface area (Å²) in [6.07, 6.45) is 22.6. The summed E-state index contributed by atoms with van der Waals surface area (Å²) in [5, 5.41) is 12.1. The number of Topliss-reactive ketones (excluding diaryl/α,β-unsaturated/α-hetero) is 3. The number of benzene rings is 3. The van der Waals surface area contributed by atoms with Gasteiger partial charge in [-0.15, -0.1) is 147 Å². The predicted octanol–water partition coefficient (Wildman–Crippen LogP) is 30.3. The van der Waals surface area contributed by atoms with Crippen LogP contribution in [0.4, 0.5) is 0 Å². The van der Waals surface area contributed by atoms with Crippen LogP contribution in [0.25, 0.3) is 130 Å². The molecule has 0 bridgehead atoms. The van der Waals surface area contributed by atoms with E-state index in [9.17, 15) is 14.4 Å². The summed E-state index contributed by atoms with van der Waals surface area (Å²) in [5.74, 6) is 0.399. The first-order valence-electron chi connectivity index (χ1n) is 36.6. The molecule has 0 spiro atoms. The molecule has 0 saturated carbocycles. The molecule has 1 radical (unpaired) electrons. The highest BCUT2D eigenvalue weighted by molar-refractivity contribution is 7.39. The number of thiophene rings is 13. The van der Waals surface area contributed by atoms with E-state index in [2.05, 4.69) is 129 Å². The summed E-state index contributed by atoms with van der Waals surface area (Å²) < 4.78 is 14.7. The molecule has 13 aromatic heterocycles. The van der Waals surface area contributed by atoms with Crippen molar-refractivity contribution in [2.45, 2.75) is 198 Å². The molecule has 3 aromatic carbocycles. The number of carbonyl (C=O) groups is 3. The van der Waals surface area contributed by atoms with Crippen molar-refractivity contribution in [2.75, 3.05) is 0 Å². The number of ketones is 3. The molecule has 0 fully saturated rings. The predicted molar refractivity (Wildman–Crippen MR) is 470 cm³/mol. The summed E-state index contributed by atoms with van der Waals surface area (Å²) in [7, 11) is 2.40. The fraction of sp³-hybridized carbons (Fsp3) is 0.353. The molecule has 0 amide bonds. The lowest BCUT2D eigenvalue weighted by molar-refractivity contribution is 0.101. The molecule has 0 aliphatic carbocycles. The van der Waals surface area contributed by atoms with Gasteiger partial charge in [-0.3, -0.25) is 14.4 Å². The second kappa shape index (κ2) is 29.7. The largest absolute Gasteiger partial charge is 0.294 e. The van der Waals surface area contributed by atoms with Gasteiger partial charge in [0, 0.05) is 109 Å². The Balaban J connectivity index is 0.724. The van der Waals surface area contributed by atoms with Crippen LogP contribution in [0.3, 0.4) is 0 Å². The monoisotopic (exact) mass is 1580 g/mol. The van der Waals surface area contributed by atoms with E-state index in [-0.39, 0.29) is 17.3 Å². The molecule has 0 N–H and O–H groups in total. The minimum absolute atomic E-state index is 0.114. The molecular weight excluding hydrogens is 1500 g/mol. The Morgan fingerprint density at radius 3 is 1.35 bits per heavy atom. The Bertz CT molecular complexity index is 5770. The van der Waals surface area contributed by atoms with Gasteiger partial charge in [-0.25, -0.2) is 0 Å². The number of rotatable bonds is 29. The van der Waals surface area contributed by atoms with E-state index in [1.165, 1.54) is 269 Å². The minimum atomic E-state index is 0.114. The topological polar surface area (TPSA) is 51.2 Å². The highest BCUT2D eigenvalue weighted by Gasteiger charge is 2.29. The summed E-state index contributed by atoms with van der Waals surface area (Å²) >= 11 is 24.4. The van der Waals surface area contributed by atoms with Crippen LogP contribution >= 0.6 is 147 Å². The average molecular weight is 1580 g/mol. The van der Waals surface area contributed by atoms with Gasteiger partial charge in [0.25, 0.3) is 0 Å². The molecule has 16 rings (SSSR count). The van der Waals surface area contributed by atoms with Crippen molar-refractivity contribution in [2.24, 2.45) is 0 Å². The van der Waals surface area contributed by atoms with E-state index in [0.29, 0.717) is 0 Å². The first kappa shape index (κ1) is 71.4.